The predicted molar refractivity (Wildman–Crippen MR) is 76.5 cm³/mol. The van der Waals surface area contributed by atoms with Crippen LogP contribution < -0.4 is 0 Å². The number of hydrogen-bond donors (Lipinski definition) is 0. The Hall–Kier alpha value is -1.11. The number of amides is 3. The van der Waals surface area contributed by atoms with E-state index in [1.807, 2.05) is 27.7 Å². The summed E-state index contributed by atoms with van der Waals surface area (Å²) in [5.74, 6) is -0.605. The quantitative estimate of drug-likeness (QED) is 0.795. The zero-order valence-electron chi connectivity index (χ0n) is 13.0. The van der Waals surface area contributed by atoms with E-state index >= 15 is 0 Å². The zero-order valence-corrected chi connectivity index (χ0v) is 13.8. The summed E-state index contributed by atoms with van der Waals surface area (Å²) in [6.45, 7) is 9.33. The molecule has 20 heavy (non-hydrogen) atoms. The summed E-state index contributed by atoms with van der Waals surface area (Å²) < 4.78 is 24.2. The molecule has 1 heterocycles. The van der Waals surface area contributed by atoms with E-state index in [-0.39, 0.29) is 23.8 Å². The van der Waals surface area contributed by atoms with Crippen LogP contribution in [-0.2, 0) is 14.8 Å². The van der Waals surface area contributed by atoms with Crippen LogP contribution in [0.1, 0.15) is 41.0 Å². The molecule has 0 bridgehead atoms. The van der Waals surface area contributed by atoms with Gasteiger partial charge in [0.15, 0.2) is 0 Å². The molecule has 0 aliphatic carbocycles. The molecule has 1 fully saturated rings. The van der Waals surface area contributed by atoms with Gasteiger partial charge in [0, 0.05) is 5.92 Å². The summed E-state index contributed by atoms with van der Waals surface area (Å²) in [5, 5.41) is 0. The Balaban J connectivity index is 3.23. The molecule has 0 N–H and O–H groups in total. The van der Waals surface area contributed by atoms with E-state index in [1.54, 1.807) is 6.92 Å². The van der Waals surface area contributed by atoms with Crippen molar-refractivity contribution in [2.75, 3.05) is 12.8 Å². The molecule has 7 heteroatoms. The zero-order chi connectivity index (χ0) is 15.9. The van der Waals surface area contributed by atoms with Gasteiger partial charge in [-0.3, -0.25) is 9.69 Å². The Labute approximate surface area is 121 Å². The number of sulfonamides is 1. The number of imide groups is 1. The average Bonchev–Trinajstić information content (AvgIpc) is 2.64. The van der Waals surface area contributed by atoms with Crippen LogP contribution in [0, 0.1) is 11.3 Å². The molecule has 0 unspecified atom stereocenters. The van der Waals surface area contributed by atoms with Crippen LogP contribution in [0.2, 0.25) is 0 Å². The van der Waals surface area contributed by atoms with E-state index in [1.165, 1.54) is 0 Å². The topological polar surface area (TPSA) is 74.8 Å². The molecule has 0 saturated carbocycles. The molecule has 1 rings (SSSR count). The van der Waals surface area contributed by atoms with Crippen LogP contribution in [0.4, 0.5) is 4.79 Å². The fraction of sp³-hybridized carbons (Fsp3) is 0.846. The van der Waals surface area contributed by atoms with Gasteiger partial charge in [-0.1, -0.05) is 34.6 Å². The van der Waals surface area contributed by atoms with Gasteiger partial charge in [-0.05, 0) is 11.8 Å². The number of hydrogen-bond acceptors (Lipinski definition) is 4. The smallest absolute Gasteiger partial charge is 0.274 e. The van der Waals surface area contributed by atoms with Crippen molar-refractivity contribution in [3.8, 4) is 0 Å². The van der Waals surface area contributed by atoms with Gasteiger partial charge in [-0.2, -0.15) is 0 Å². The van der Waals surface area contributed by atoms with Crippen molar-refractivity contribution in [2.24, 2.45) is 11.3 Å². The molecule has 0 radical (unpaired) electrons. The second-order valence-electron chi connectivity index (χ2n) is 6.48. The van der Waals surface area contributed by atoms with Crippen LogP contribution >= 0.6 is 0 Å². The summed E-state index contributed by atoms with van der Waals surface area (Å²) in [5.41, 5.74) is -0.377. The van der Waals surface area contributed by atoms with Crippen LogP contribution in [0.3, 0.4) is 0 Å². The third kappa shape index (κ3) is 3.13. The second kappa shape index (κ2) is 5.35. The highest BCUT2D eigenvalue weighted by Crippen LogP contribution is 2.33. The lowest BCUT2D eigenvalue weighted by Gasteiger charge is -2.33. The van der Waals surface area contributed by atoms with Gasteiger partial charge in [0.05, 0.1) is 18.8 Å². The Kier molecular flexibility index (Phi) is 4.53. The summed E-state index contributed by atoms with van der Waals surface area (Å²) in [6, 6.07) is -1.16. The first-order chi connectivity index (χ1) is 8.91. The average molecular weight is 304 g/mol. The van der Waals surface area contributed by atoms with Crippen LogP contribution in [0.5, 0.6) is 0 Å². The van der Waals surface area contributed by atoms with E-state index in [9.17, 15) is 18.0 Å². The van der Waals surface area contributed by atoms with Gasteiger partial charge in [0.25, 0.3) is 0 Å². The molecular formula is C13H24N2O4S. The summed E-state index contributed by atoms with van der Waals surface area (Å²) >= 11 is 0. The largest absolute Gasteiger partial charge is 0.340 e. The standard InChI is InChI=1S/C13H24N2O4S/c1-7-9(2)11(16)15-10(13(3,4)5)8-14(12(15)17)20(6,18)19/h9-10H,7-8H2,1-6H3/t9-,10+/m1/s1. The first kappa shape index (κ1) is 16.9. The molecule has 0 aromatic rings. The Morgan fingerprint density at radius 2 is 1.90 bits per heavy atom. The van der Waals surface area contributed by atoms with Crippen molar-refractivity contribution in [1.82, 2.24) is 9.21 Å². The molecule has 0 aromatic carbocycles. The summed E-state index contributed by atoms with van der Waals surface area (Å²) in [6.07, 6.45) is 1.60. The van der Waals surface area contributed by atoms with Crippen molar-refractivity contribution in [2.45, 2.75) is 47.1 Å². The van der Waals surface area contributed by atoms with Crippen molar-refractivity contribution in [1.29, 1.82) is 0 Å². The maximum absolute atomic E-state index is 12.4. The van der Waals surface area contributed by atoms with Crippen LogP contribution in [-0.4, -0.2) is 48.4 Å². The third-order valence-electron chi connectivity index (χ3n) is 3.74. The van der Waals surface area contributed by atoms with E-state index in [0.29, 0.717) is 6.42 Å². The molecule has 3 amide bonds. The maximum atomic E-state index is 12.4. The van der Waals surface area contributed by atoms with E-state index in [0.717, 1.165) is 15.5 Å². The predicted octanol–water partition coefficient (Wildman–Crippen LogP) is 1.67. The normalized spacial score (nSPS) is 22.3. The minimum absolute atomic E-state index is 0.0311. The Bertz CT molecular complexity index is 507. The molecule has 1 aliphatic heterocycles. The Morgan fingerprint density at radius 1 is 1.40 bits per heavy atom. The first-order valence-corrected chi connectivity index (χ1v) is 8.60. The fourth-order valence-corrected chi connectivity index (χ4v) is 2.95. The molecule has 1 aliphatic rings. The van der Waals surface area contributed by atoms with Gasteiger partial charge in [-0.15, -0.1) is 0 Å². The molecule has 1 saturated heterocycles. The molecule has 2 atom stereocenters. The van der Waals surface area contributed by atoms with Crippen molar-refractivity contribution >= 4 is 22.0 Å². The first-order valence-electron chi connectivity index (χ1n) is 6.76. The number of urea groups is 1. The lowest BCUT2D eigenvalue weighted by atomic mass is 9.86. The lowest BCUT2D eigenvalue weighted by Crippen LogP contribution is -2.48. The van der Waals surface area contributed by atoms with E-state index in [4.69, 9.17) is 0 Å². The van der Waals surface area contributed by atoms with E-state index < -0.39 is 22.1 Å². The number of carbonyl (C=O) groups is 2. The molecule has 6 nitrogen and oxygen atoms in total. The van der Waals surface area contributed by atoms with Gasteiger partial charge >= 0.3 is 6.03 Å². The van der Waals surface area contributed by atoms with Gasteiger partial charge in [-0.25, -0.2) is 17.5 Å². The fourth-order valence-electron chi connectivity index (χ4n) is 2.17. The highest BCUT2D eigenvalue weighted by molar-refractivity contribution is 7.88. The SMILES string of the molecule is CC[C@@H](C)C(=O)N1C(=O)N(S(C)(=O)=O)C[C@H]1C(C)(C)C. The Morgan fingerprint density at radius 3 is 2.25 bits per heavy atom. The van der Waals surface area contributed by atoms with Crippen molar-refractivity contribution in [3.63, 3.8) is 0 Å². The third-order valence-corrected chi connectivity index (χ3v) is 4.85. The number of rotatable bonds is 3. The number of nitrogens with zero attached hydrogens (tertiary/aromatic N) is 2. The lowest BCUT2D eigenvalue weighted by molar-refractivity contribution is -0.134. The van der Waals surface area contributed by atoms with Gasteiger partial charge in [0.2, 0.25) is 15.9 Å². The highest BCUT2D eigenvalue weighted by Gasteiger charge is 2.49. The minimum atomic E-state index is -3.65. The van der Waals surface area contributed by atoms with Crippen molar-refractivity contribution < 1.29 is 18.0 Å². The van der Waals surface area contributed by atoms with Gasteiger partial charge < -0.3 is 0 Å². The molecule has 116 valence electrons. The van der Waals surface area contributed by atoms with E-state index in [2.05, 4.69) is 0 Å². The molecule has 0 spiro atoms. The minimum Gasteiger partial charge on any atom is -0.274 e. The van der Waals surface area contributed by atoms with Crippen molar-refractivity contribution in [3.05, 3.63) is 0 Å². The van der Waals surface area contributed by atoms with Crippen LogP contribution in [0.25, 0.3) is 0 Å². The van der Waals surface area contributed by atoms with Gasteiger partial charge in [0.1, 0.15) is 0 Å². The maximum Gasteiger partial charge on any atom is 0.340 e. The summed E-state index contributed by atoms with van der Waals surface area (Å²) in [4.78, 5) is 25.9. The number of carbonyl (C=O) groups excluding carboxylic acids is 2. The molecule has 0 aromatic heterocycles. The van der Waals surface area contributed by atoms with Crippen LogP contribution in [0.15, 0.2) is 0 Å². The monoisotopic (exact) mass is 304 g/mol. The molecular weight excluding hydrogens is 280 g/mol. The summed E-state index contributed by atoms with van der Waals surface area (Å²) in [7, 11) is -3.65. The second-order valence-corrected chi connectivity index (χ2v) is 8.38. The highest BCUT2D eigenvalue weighted by atomic mass is 32.2.